The highest BCUT2D eigenvalue weighted by atomic mass is 35.5. The normalized spacial score (nSPS) is 21.4. The van der Waals surface area contributed by atoms with E-state index < -0.39 is 19.6 Å². The molecule has 0 spiro atoms. The summed E-state index contributed by atoms with van der Waals surface area (Å²) < 4.78 is -0.0211. The van der Waals surface area contributed by atoms with Crippen LogP contribution in [-0.2, 0) is 6.54 Å². The predicted molar refractivity (Wildman–Crippen MR) is 77.3 cm³/mol. The Kier molecular flexibility index (Phi) is 4.52. The second-order valence-electron chi connectivity index (χ2n) is 4.83. The van der Waals surface area contributed by atoms with Gasteiger partial charge in [0.25, 0.3) is 0 Å². The molecule has 0 amide bonds. The van der Waals surface area contributed by atoms with Crippen molar-refractivity contribution in [3.8, 4) is 0 Å². The van der Waals surface area contributed by atoms with Crippen LogP contribution in [0.3, 0.4) is 0 Å². The highest BCUT2D eigenvalue weighted by Gasteiger charge is 2.60. The molecule has 1 N–H and O–H groups in total. The van der Waals surface area contributed by atoms with Gasteiger partial charge in [-0.25, -0.2) is 4.98 Å². The van der Waals surface area contributed by atoms with Gasteiger partial charge >= 0.3 is 0 Å². The molecule has 19 heavy (non-hydrogen) atoms. The maximum Gasteiger partial charge on any atom is 0.151 e. The molecule has 1 atom stereocenters. The lowest BCUT2D eigenvalue weighted by Gasteiger charge is -2.37. The molecule has 1 fully saturated rings. The van der Waals surface area contributed by atoms with Crippen molar-refractivity contribution < 1.29 is 5.11 Å². The summed E-state index contributed by atoms with van der Waals surface area (Å²) in [6.45, 7) is 0.123. The maximum absolute atomic E-state index is 10.9. The molecule has 9 heteroatoms. The molecule has 1 saturated carbocycles. The van der Waals surface area contributed by atoms with Crippen molar-refractivity contribution in [2.75, 3.05) is 0 Å². The molecule has 4 nitrogen and oxygen atoms in total. The van der Waals surface area contributed by atoms with Gasteiger partial charge in [-0.3, -0.25) is 4.68 Å². The molecule has 1 aromatic heterocycles. The van der Waals surface area contributed by atoms with Crippen molar-refractivity contribution in [1.29, 1.82) is 0 Å². The van der Waals surface area contributed by atoms with E-state index in [4.69, 9.17) is 58.0 Å². The van der Waals surface area contributed by atoms with E-state index in [0.29, 0.717) is 12.8 Å². The van der Waals surface area contributed by atoms with Gasteiger partial charge in [0.15, 0.2) is 4.33 Å². The summed E-state index contributed by atoms with van der Waals surface area (Å²) in [5, 5.41) is 14.8. The standard InChI is InChI=1S/C10H12Cl5N3O/c11-7(12)10(14,15)3-9(19,8(13)1-2-8)4-18-6-16-5-17-18/h5-7,19H,1-4H2. The van der Waals surface area contributed by atoms with Gasteiger partial charge in [-0.2, -0.15) is 5.10 Å². The Labute approximate surface area is 135 Å². The van der Waals surface area contributed by atoms with E-state index in [2.05, 4.69) is 10.1 Å². The van der Waals surface area contributed by atoms with Crippen LogP contribution >= 0.6 is 58.0 Å². The molecule has 1 aliphatic rings. The fraction of sp³-hybridized carbons (Fsp3) is 0.800. The zero-order chi connectivity index (χ0) is 14.3. The van der Waals surface area contributed by atoms with Crippen LogP contribution in [-0.4, -0.2) is 39.5 Å². The number of nitrogens with zero attached hydrogens (tertiary/aromatic N) is 3. The molecule has 1 aromatic rings. The molecule has 1 unspecified atom stereocenters. The number of hydrogen-bond acceptors (Lipinski definition) is 3. The van der Waals surface area contributed by atoms with Gasteiger partial charge < -0.3 is 5.11 Å². The Balaban J connectivity index is 2.21. The molecular weight excluding hydrogens is 355 g/mol. The first-order valence-electron chi connectivity index (χ1n) is 5.58. The van der Waals surface area contributed by atoms with Crippen LogP contribution in [0.15, 0.2) is 12.7 Å². The topological polar surface area (TPSA) is 50.9 Å². The number of halogens is 5. The molecule has 0 aliphatic heterocycles. The smallest absolute Gasteiger partial charge is 0.151 e. The lowest BCUT2D eigenvalue weighted by atomic mass is 9.91. The first kappa shape index (κ1) is 15.9. The van der Waals surface area contributed by atoms with Crippen LogP contribution in [0.4, 0.5) is 0 Å². The number of rotatable bonds is 6. The SMILES string of the molecule is OC(Cn1cncn1)(CC(Cl)(Cl)C(Cl)Cl)C1(Cl)CC1. The lowest BCUT2D eigenvalue weighted by Crippen LogP contribution is -2.50. The van der Waals surface area contributed by atoms with Crippen molar-refractivity contribution in [2.24, 2.45) is 0 Å². The number of hydrogen-bond donors (Lipinski definition) is 1. The van der Waals surface area contributed by atoms with Crippen LogP contribution in [0.5, 0.6) is 0 Å². The van der Waals surface area contributed by atoms with E-state index in [1.807, 2.05) is 0 Å². The summed E-state index contributed by atoms with van der Waals surface area (Å²) in [5.41, 5.74) is -1.37. The average molecular weight is 367 g/mol. The van der Waals surface area contributed by atoms with E-state index in [1.165, 1.54) is 17.3 Å². The zero-order valence-corrected chi connectivity index (χ0v) is 13.5. The summed E-state index contributed by atoms with van der Waals surface area (Å²) in [5.74, 6) is 0. The van der Waals surface area contributed by atoms with Crippen LogP contribution in [0.25, 0.3) is 0 Å². The summed E-state index contributed by atoms with van der Waals surface area (Å²) >= 11 is 30.0. The third-order valence-electron chi connectivity index (χ3n) is 3.26. The third-order valence-corrected chi connectivity index (χ3v) is 5.89. The number of aromatic nitrogens is 3. The van der Waals surface area contributed by atoms with Gasteiger partial charge in [-0.05, 0) is 12.8 Å². The number of alkyl halides is 5. The monoisotopic (exact) mass is 365 g/mol. The van der Waals surface area contributed by atoms with Gasteiger partial charge in [0.2, 0.25) is 0 Å². The van der Waals surface area contributed by atoms with Gasteiger partial charge in [0.1, 0.15) is 23.1 Å². The molecule has 0 bridgehead atoms. The van der Waals surface area contributed by atoms with Crippen LogP contribution in [0.2, 0.25) is 0 Å². The molecule has 0 radical (unpaired) electrons. The Morgan fingerprint density at radius 1 is 1.37 bits per heavy atom. The summed E-state index contributed by atoms with van der Waals surface area (Å²) in [7, 11) is 0. The largest absolute Gasteiger partial charge is 0.386 e. The Hall–Kier alpha value is 0.550. The highest BCUT2D eigenvalue weighted by Crippen LogP contribution is 2.56. The minimum atomic E-state index is -1.50. The average Bonchev–Trinajstić information content (AvgIpc) is 2.86. The minimum Gasteiger partial charge on any atom is -0.386 e. The predicted octanol–water partition coefficient (Wildman–Crippen LogP) is 3.15. The first-order chi connectivity index (χ1) is 8.69. The fourth-order valence-electron chi connectivity index (χ4n) is 1.98. The Morgan fingerprint density at radius 2 is 2.00 bits per heavy atom. The molecule has 1 aliphatic carbocycles. The van der Waals surface area contributed by atoms with E-state index in [-0.39, 0.29) is 13.0 Å². The fourth-order valence-corrected chi connectivity index (χ4v) is 2.80. The molecule has 108 valence electrons. The second kappa shape index (κ2) is 5.39. The first-order valence-corrected chi connectivity index (χ1v) is 7.59. The molecule has 1 heterocycles. The van der Waals surface area contributed by atoms with Gasteiger partial charge in [-0.1, -0.05) is 23.2 Å². The quantitative estimate of drug-likeness (QED) is 0.786. The zero-order valence-electron chi connectivity index (χ0n) is 9.74. The summed E-state index contributed by atoms with van der Waals surface area (Å²) in [6, 6.07) is 0. The van der Waals surface area contributed by atoms with E-state index >= 15 is 0 Å². The van der Waals surface area contributed by atoms with Crippen molar-refractivity contribution in [2.45, 2.75) is 45.5 Å². The Bertz CT molecular complexity index is 434. The molecule has 0 aromatic carbocycles. The van der Waals surface area contributed by atoms with Gasteiger partial charge in [-0.15, -0.1) is 34.8 Å². The minimum absolute atomic E-state index is 0.0653. The maximum atomic E-state index is 10.9. The number of aliphatic hydroxyl groups is 1. The van der Waals surface area contributed by atoms with Crippen molar-refractivity contribution in [3.63, 3.8) is 0 Å². The van der Waals surface area contributed by atoms with Crippen molar-refractivity contribution >= 4 is 58.0 Å². The summed E-state index contributed by atoms with van der Waals surface area (Å²) in [6.07, 6.45) is 4.12. The van der Waals surface area contributed by atoms with Crippen molar-refractivity contribution in [1.82, 2.24) is 14.8 Å². The second-order valence-corrected chi connectivity index (χ2v) is 8.19. The lowest BCUT2D eigenvalue weighted by molar-refractivity contribution is -0.00354. The van der Waals surface area contributed by atoms with E-state index in [1.54, 1.807) is 0 Å². The molecule has 0 saturated heterocycles. The van der Waals surface area contributed by atoms with Gasteiger partial charge in [0.05, 0.1) is 11.4 Å². The van der Waals surface area contributed by atoms with Gasteiger partial charge in [0, 0.05) is 6.42 Å². The molecular formula is C10H12Cl5N3O. The third kappa shape index (κ3) is 3.42. The van der Waals surface area contributed by atoms with E-state index in [0.717, 1.165) is 0 Å². The Morgan fingerprint density at radius 3 is 2.42 bits per heavy atom. The highest BCUT2D eigenvalue weighted by molar-refractivity contribution is 6.59. The van der Waals surface area contributed by atoms with Crippen LogP contribution < -0.4 is 0 Å². The molecule has 2 rings (SSSR count). The van der Waals surface area contributed by atoms with Crippen LogP contribution in [0, 0.1) is 0 Å². The van der Waals surface area contributed by atoms with Crippen LogP contribution in [0.1, 0.15) is 19.3 Å². The van der Waals surface area contributed by atoms with Crippen molar-refractivity contribution in [3.05, 3.63) is 12.7 Å². The summed E-state index contributed by atoms with van der Waals surface area (Å²) in [4.78, 5) is 1.99. The van der Waals surface area contributed by atoms with E-state index in [9.17, 15) is 5.11 Å².